The van der Waals surface area contributed by atoms with Crippen molar-refractivity contribution in [2.24, 2.45) is 5.41 Å². The van der Waals surface area contributed by atoms with Gasteiger partial charge in [-0.05, 0) is 20.3 Å². The molecule has 0 atom stereocenters. The van der Waals surface area contributed by atoms with E-state index in [0.717, 1.165) is 0 Å². The van der Waals surface area contributed by atoms with Gasteiger partial charge >= 0.3 is 11.9 Å². The molecule has 0 saturated carbocycles. The maximum atomic E-state index is 13.8. The Morgan fingerprint density at radius 2 is 1.46 bits per heavy atom. The zero-order chi connectivity index (χ0) is 21.0. The molecule has 26 heavy (non-hydrogen) atoms. The topological polar surface area (TPSA) is 121 Å². The minimum Gasteiger partial charge on any atom is -0.457 e. The summed E-state index contributed by atoms with van der Waals surface area (Å²) in [4.78, 5) is 23.1. The molecule has 8 nitrogen and oxygen atoms in total. The molecule has 0 unspecified atom stereocenters. The Morgan fingerprint density at radius 1 is 1.00 bits per heavy atom. The van der Waals surface area contributed by atoms with Crippen molar-refractivity contribution in [2.75, 3.05) is 25.7 Å². The predicted molar refractivity (Wildman–Crippen MR) is 89.0 cm³/mol. The van der Waals surface area contributed by atoms with Crippen molar-refractivity contribution < 1.29 is 44.7 Å². The van der Waals surface area contributed by atoms with E-state index in [0.29, 0.717) is 18.9 Å². The second-order valence-electron chi connectivity index (χ2n) is 6.62. The first-order chi connectivity index (χ1) is 11.4. The van der Waals surface area contributed by atoms with E-state index in [2.05, 4.69) is 9.47 Å². The maximum absolute atomic E-state index is 13.8. The Hall–Kier alpha value is -1.30. The van der Waals surface area contributed by atoms with E-state index >= 15 is 0 Å². The van der Waals surface area contributed by atoms with Crippen LogP contribution in [0.5, 0.6) is 0 Å². The highest BCUT2D eigenvalue weighted by molar-refractivity contribution is 8.08. The third-order valence-electron chi connectivity index (χ3n) is 3.62. The van der Waals surface area contributed by atoms with E-state index in [-0.39, 0.29) is 0 Å². The molecular formula is C14H24F2O8S2. The molecule has 0 rings (SSSR count). The molecule has 0 aliphatic rings. The quantitative estimate of drug-likeness (QED) is 0.477. The van der Waals surface area contributed by atoms with Gasteiger partial charge in [-0.25, -0.2) is 30.4 Å². The number of rotatable bonds is 10. The standard InChI is InChI=1S/C14H24F2O8S2/c1-6-13(2,3)12(18)23-8-10(17)24-9-14(15,16)7-11(25(4,19)20)26(5,21)22/h11H,6-9H2,1-5H3. The van der Waals surface area contributed by atoms with Crippen LogP contribution in [0, 0.1) is 5.41 Å². The van der Waals surface area contributed by atoms with Gasteiger partial charge in [-0.15, -0.1) is 0 Å². The molecule has 0 bridgehead atoms. The largest absolute Gasteiger partial charge is 0.457 e. The molecule has 0 amide bonds. The molecule has 0 spiro atoms. The lowest BCUT2D eigenvalue weighted by molar-refractivity contribution is -0.170. The molecule has 0 heterocycles. The van der Waals surface area contributed by atoms with E-state index in [4.69, 9.17) is 0 Å². The smallest absolute Gasteiger partial charge is 0.344 e. The lowest BCUT2D eigenvalue weighted by Gasteiger charge is -2.22. The number of esters is 2. The summed E-state index contributed by atoms with van der Waals surface area (Å²) in [5.41, 5.74) is -0.859. The molecule has 0 radical (unpaired) electrons. The summed E-state index contributed by atoms with van der Waals surface area (Å²) in [5.74, 6) is -5.88. The highest BCUT2D eigenvalue weighted by Crippen LogP contribution is 2.27. The summed E-state index contributed by atoms with van der Waals surface area (Å²) in [6.45, 7) is 2.44. The summed E-state index contributed by atoms with van der Waals surface area (Å²) in [6, 6.07) is 0. The number of hydrogen-bond acceptors (Lipinski definition) is 8. The highest BCUT2D eigenvalue weighted by atomic mass is 32.3. The van der Waals surface area contributed by atoms with Crippen molar-refractivity contribution in [2.45, 2.75) is 44.1 Å². The van der Waals surface area contributed by atoms with Crippen molar-refractivity contribution in [3.63, 3.8) is 0 Å². The molecule has 0 N–H and O–H groups in total. The second kappa shape index (κ2) is 8.59. The normalized spacial score (nSPS) is 13.5. The summed E-state index contributed by atoms with van der Waals surface area (Å²) < 4.78 is 79.9. The van der Waals surface area contributed by atoms with Gasteiger partial charge in [0.25, 0.3) is 5.92 Å². The monoisotopic (exact) mass is 422 g/mol. The van der Waals surface area contributed by atoms with Crippen molar-refractivity contribution in [1.29, 1.82) is 0 Å². The molecule has 0 aromatic carbocycles. The molecule has 12 heteroatoms. The Balaban J connectivity index is 4.78. The van der Waals surface area contributed by atoms with E-state index in [1.807, 2.05) is 0 Å². The Bertz CT molecular complexity index is 694. The minimum atomic E-state index is -4.31. The fraction of sp³-hybridized carbons (Fsp3) is 0.857. The van der Waals surface area contributed by atoms with Gasteiger partial charge in [0.2, 0.25) is 0 Å². The number of carbonyl (C=O) groups is 2. The number of ether oxygens (including phenoxy) is 2. The fourth-order valence-electron chi connectivity index (χ4n) is 1.61. The molecule has 0 aliphatic heterocycles. The van der Waals surface area contributed by atoms with Gasteiger partial charge in [-0.2, -0.15) is 0 Å². The summed E-state index contributed by atoms with van der Waals surface area (Å²) >= 11 is 0. The van der Waals surface area contributed by atoms with Crippen LogP contribution >= 0.6 is 0 Å². The van der Waals surface area contributed by atoms with Gasteiger partial charge in [-0.3, -0.25) is 4.79 Å². The van der Waals surface area contributed by atoms with E-state index in [9.17, 15) is 35.2 Å². The van der Waals surface area contributed by atoms with Gasteiger partial charge in [0.1, 0.15) is 0 Å². The Morgan fingerprint density at radius 3 is 1.85 bits per heavy atom. The number of alkyl halides is 2. The average Bonchev–Trinajstić information content (AvgIpc) is 2.46. The van der Waals surface area contributed by atoms with Crippen LogP contribution in [0.4, 0.5) is 8.78 Å². The van der Waals surface area contributed by atoms with Gasteiger partial charge in [0.15, 0.2) is 37.5 Å². The fourth-order valence-corrected chi connectivity index (χ4v) is 5.25. The molecule has 0 aliphatic carbocycles. The molecule has 0 fully saturated rings. The van der Waals surface area contributed by atoms with Crippen LogP contribution < -0.4 is 0 Å². The zero-order valence-corrected chi connectivity index (χ0v) is 16.9. The average molecular weight is 422 g/mol. The molecule has 154 valence electrons. The number of carbonyl (C=O) groups excluding carboxylic acids is 2. The van der Waals surface area contributed by atoms with Gasteiger partial charge in [-0.1, -0.05) is 6.92 Å². The summed E-state index contributed by atoms with van der Waals surface area (Å²) in [7, 11) is -8.63. The SMILES string of the molecule is CCC(C)(C)C(=O)OCC(=O)OCC(F)(F)CC(S(C)(=O)=O)S(C)(=O)=O. The van der Waals surface area contributed by atoms with Gasteiger partial charge in [0.05, 0.1) is 5.41 Å². The highest BCUT2D eigenvalue weighted by Gasteiger charge is 2.43. The first-order valence-electron chi connectivity index (χ1n) is 7.51. The lowest BCUT2D eigenvalue weighted by Crippen LogP contribution is -2.38. The van der Waals surface area contributed by atoms with Crippen LogP contribution in [-0.2, 0) is 38.7 Å². The third-order valence-corrected chi connectivity index (χ3v) is 7.96. The third kappa shape index (κ3) is 8.39. The van der Waals surface area contributed by atoms with Crippen LogP contribution in [0.2, 0.25) is 0 Å². The second-order valence-corrected chi connectivity index (χ2v) is 11.4. The van der Waals surface area contributed by atoms with Crippen molar-refractivity contribution in [3.05, 3.63) is 0 Å². The molecule has 0 saturated heterocycles. The van der Waals surface area contributed by atoms with Crippen LogP contribution in [0.25, 0.3) is 0 Å². The van der Waals surface area contributed by atoms with Crippen LogP contribution in [0.1, 0.15) is 33.6 Å². The van der Waals surface area contributed by atoms with E-state index in [1.54, 1.807) is 20.8 Å². The first kappa shape index (κ1) is 24.7. The maximum Gasteiger partial charge on any atom is 0.344 e. The van der Waals surface area contributed by atoms with Crippen molar-refractivity contribution in [1.82, 2.24) is 0 Å². The Kier molecular flexibility index (Phi) is 8.16. The predicted octanol–water partition coefficient (Wildman–Crippen LogP) is 0.950. The molecular weight excluding hydrogens is 398 g/mol. The molecule has 0 aromatic heterocycles. The van der Waals surface area contributed by atoms with Crippen molar-refractivity contribution >= 4 is 31.6 Å². The first-order valence-corrected chi connectivity index (χ1v) is 11.4. The zero-order valence-electron chi connectivity index (χ0n) is 15.2. The number of halogens is 2. The van der Waals surface area contributed by atoms with Gasteiger partial charge < -0.3 is 9.47 Å². The van der Waals surface area contributed by atoms with E-state index < -0.39 is 67.2 Å². The Labute approximate surface area is 152 Å². The summed E-state index contributed by atoms with van der Waals surface area (Å²) in [5, 5.41) is 0. The van der Waals surface area contributed by atoms with E-state index in [1.165, 1.54) is 0 Å². The van der Waals surface area contributed by atoms with Gasteiger partial charge in [0, 0.05) is 18.9 Å². The van der Waals surface area contributed by atoms with Crippen molar-refractivity contribution in [3.8, 4) is 0 Å². The number of sulfone groups is 2. The minimum absolute atomic E-state index is 0.428. The number of hydrogen-bond donors (Lipinski definition) is 0. The van der Waals surface area contributed by atoms with Crippen LogP contribution in [0.15, 0.2) is 0 Å². The van der Waals surface area contributed by atoms with Crippen LogP contribution in [-0.4, -0.2) is 65.0 Å². The summed E-state index contributed by atoms with van der Waals surface area (Å²) in [6.07, 6.45) is -0.0800. The van der Waals surface area contributed by atoms with Crippen LogP contribution in [0.3, 0.4) is 0 Å². The molecule has 0 aromatic rings. The lowest BCUT2D eigenvalue weighted by atomic mass is 9.91.